The fourth-order valence-electron chi connectivity index (χ4n) is 4.00. The molecule has 0 aliphatic carbocycles. The van der Waals surface area contributed by atoms with Crippen LogP contribution >= 0.6 is 11.3 Å². The summed E-state index contributed by atoms with van der Waals surface area (Å²) in [5.74, 6) is -8.27. The number of likely N-dealkylation sites (tertiary alicyclic amines) is 1. The minimum Gasteiger partial charge on any atom is -0.475 e. The van der Waals surface area contributed by atoms with Gasteiger partial charge in [0.05, 0.1) is 18.8 Å². The van der Waals surface area contributed by atoms with Gasteiger partial charge in [0.2, 0.25) is 0 Å². The summed E-state index contributed by atoms with van der Waals surface area (Å²) in [5.41, 5.74) is 1.36. The van der Waals surface area contributed by atoms with E-state index >= 15 is 0 Å². The number of thiazole rings is 1. The molecule has 0 saturated carbocycles. The number of halogens is 9. The average Bonchev–Trinajstić information content (AvgIpc) is 3.61. The van der Waals surface area contributed by atoms with E-state index in [-0.39, 0.29) is 5.60 Å². The zero-order valence-corrected chi connectivity index (χ0v) is 24.6. The van der Waals surface area contributed by atoms with Crippen molar-refractivity contribution in [1.29, 1.82) is 0 Å². The van der Waals surface area contributed by atoms with Crippen LogP contribution in [0, 0.1) is 0 Å². The molecule has 2 aromatic rings. The van der Waals surface area contributed by atoms with Crippen LogP contribution in [0.2, 0.25) is 0 Å². The van der Waals surface area contributed by atoms with Crippen LogP contribution in [0.15, 0.2) is 36.1 Å². The number of aromatic nitrogens is 2. The molecule has 1 unspecified atom stereocenters. The maximum atomic E-state index is 10.6. The van der Waals surface area contributed by atoms with Crippen molar-refractivity contribution in [2.45, 2.75) is 62.5 Å². The number of alkyl halides is 9. The molecular weight excluding hydrogens is 671 g/mol. The highest BCUT2D eigenvalue weighted by molar-refractivity contribution is 7.09. The minimum absolute atomic E-state index is 0.0905. The third-order valence-corrected chi connectivity index (χ3v) is 7.07. The Morgan fingerprint density at radius 1 is 0.957 bits per heavy atom. The Bertz CT molecular complexity index is 1170. The van der Waals surface area contributed by atoms with Crippen molar-refractivity contribution in [2.24, 2.45) is 0 Å². The number of ether oxygens (including phenoxy) is 1. The van der Waals surface area contributed by atoms with Crippen LogP contribution in [0.4, 0.5) is 39.5 Å². The van der Waals surface area contributed by atoms with Crippen molar-refractivity contribution in [3.05, 3.63) is 46.7 Å². The average molecular weight is 701 g/mol. The van der Waals surface area contributed by atoms with Crippen LogP contribution in [0.25, 0.3) is 0 Å². The number of carboxylic acid groups (broad SMARTS) is 3. The number of pyridine rings is 1. The Morgan fingerprint density at radius 2 is 1.46 bits per heavy atom. The van der Waals surface area contributed by atoms with E-state index in [1.807, 2.05) is 24.7 Å². The van der Waals surface area contributed by atoms with E-state index in [0.717, 1.165) is 52.0 Å². The molecule has 0 bridgehead atoms. The normalized spacial score (nSPS) is 17.9. The van der Waals surface area contributed by atoms with Gasteiger partial charge in [-0.1, -0.05) is 6.07 Å². The molecule has 3 N–H and O–H groups in total. The quantitative estimate of drug-likeness (QED) is 0.373. The first-order chi connectivity index (χ1) is 21.1. The molecule has 1 atom stereocenters. The summed E-state index contributed by atoms with van der Waals surface area (Å²) in [6, 6.07) is 4.66. The second kappa shape index (κ2) is 17.4. The Morgan fingerprint density at radius 3 is 1.85 bits per heavy atom. The molecule has 21 heteroatoms. The van der Waals surface area contributed by atoms with Crippen molar-refractivity contribution in [2.75, 3.05) is 26.7 Å². The van der Waals surface area contributed by atoms with E-state index < -0.39 is 36.4 Å². The molecule has 2 saturated heterocycles. The first-order valence-electron chi connectivity index (χ1n) is 12.8. The Kier molecular flexibility index (Phi) is 15.3. The van der Waals surface area contributed by atoms with Crippen LogP contribution in [0.3, 0.4) is 0 Å². The number of piperidine rings is 1. The number of carbonyl (C=O) groups is 3. The van der Waals surface area contributed by atoms with E-state index in [1.165, 1.54) is 10.6 Å². The third-order valence-electron chi connectivity index (χ3n) is 6.30. The van der Waals surface area contributed by atoms with Gasteiger partial charge in [0.25, 0.3) is 0 Å². The molecule has 2 aromatic heterocycles. The lowest BCUT2D eigenvalue weighted by atomic mass is 9.87. The van der Waals surface area contributed by atoms with Crippen LogP contribution in [-0.2, 0) is 32.2 Å². The number of hydrogen-bond acceptors (Lipinski definition) is 9. The van der Waals surface area contributed by atoms with Crippen LogP contribution in [0.5, 0.6) is 0 Å². The Labute approximate surface area is 259 Å². The SMILES string of the molecule is CN(Cc1cccnc1)C1COC2(CCN(Cc3nccs3)CC2)C1.O=C(O)C(F)(F)F.O=C(O)C(F)(F)F.O=C(O)C(F)(F)F. The highest BCUT2D eigenvalue weighted by Crippen LogP contribution is 2.38. The van der Waals surface area contributed by atoms with Crippen LogP contribution < -0.4 is 0 Å². The van der Waals surface area contributed by atoms with Crippen molar-refractivity contribution < 1.29 is 74.0 Å². The summed E-state index contributed by atoms with van der Waals surface area (Å²) in [6.07, 6.45) is -6.15. The summed E-state index contributed by atoms with van der Waals surface area (Å²) >= 11 is 1.75. The zero-order valence-electron chi connectivity index (χ0n) is 23.8. The van der Waals surface area contributed by atoms with Gasteiger partial charge < -0.3 is 20.1 Å². The molecule has 46 heavy (non-hydrogen) atoms. The van der Waals surface area contributed by atoms with E-state index in [1.54, 1.807) is 11.3 Å². The number of nitrogens with zero attached hydrogens (tertiary/aromatic N) is 4. The molecule has 2 fully saturated rings. The first kappa shape index (κ1) is 40.5. The molecule has 260 valence electrons. The van der Waals surface area contributed by atoms with Gasteiger partial charge in [-0.15, -0.1) is 11.3 Å². The summed E-state index contributed by atoms with van der Waals surface area (Å²) in [7, 11) is 2.21. The smallest absolute Gasteiger partial charge is 0.475 e. The summed E-state index contributed by atoms with van der Waals surface area (Å²) < 4.78 is 102. The van der Waals surface area contributed by atoms with Gasteiger partial charge in [-0.2, -0.15) is 39.5 Å². The van der Waals surface area contributed by atoms with Crippen molar-refractivity contribution in [3.63, 3.8) is 0 Å². The van der Waals surface area contributed by atoms with Crippen LogP contribution in [-0.4, -0.2) is 110 Å². The third kappa shape index (κ3) is 15.1. The lowest BCUT2D eigenvalue weighted by molar-refractivity contribution is -0.193. The fourth-order valence-corrected chi connectivity index (χ4v) is 4.66. The molecule has 0 amide bonds. The molecule has 2 aliphatic rings. The van der Waals surface area contributed by atoms with E-state index in [2.05, 4.69) is 38.3 Å². The van der Waals surface area contributed by atoms with E-state index in [9.17, 15) is 39.5 Å². The van der Waals surface area contributed by atoms with E-state index in [4.69, 9.17) is 34.4 Å². The van der Waals surface area contributed by atoms with Gasteiger partial charge >= 0.3 is 36.4 Å². The molecule has 4 heterocycles. The van der Waals surface area contributed by atoms with Gasteiger partial charge in [0.1, 0.15) is 5.01 Å². The lowest BCUT2D eigenvalue weighted by Crippen LogP contribution is -2.44. The molecule has 2 aliphatic heterocycles. The predicted molar refractivity (Wildman–Crippen MR) is 140 cm³/mol. The number of aliphatic carboxylic acids is 3. The molecular formula is C25H29F9N4O7S. The van der Waals surface area contributed by atoms with Crippen molar-refractivity contribution >= 4 is 29.2 Å². The second-order valence-corrected chi connectivity index (χ2v) is 10.7. The van der Waals surface area contributed by atoms with Crippen molar-refractivity contribution in [3.8, 4) is 0 Å². The number of rotatable bonds is 5. The lowest BCUT2D eigenvalue weighted by Gasteiger charge is -2.38. The molecule has 11 nitrogen and oxygen atoms in total. The summed E-state index contributed by atoms with van der Waals surface area (Å²) in [4.78, 5) is 40.3. The van der Waals surface area contributed by atoms with Gasteiger partial charge in [0, 0.05) is 49.6 Å². The van der Waals surface area contributed by atoms with E-state index in [0.29, 0.717) is 6.04 Å². The standard InChI is InChI=1S/C19H26N4OS.3C2HF3O2/c1-22(13-16-3-2-6-20-12-16)17-11-19(24-15-17)4-8-23(9-5-19)14-18-21-7-10-25-18;3*3-2(4,5)1(6)7/h2-3,6-7,10,12,17H,4-5,8-9,11,13-15H2,1H3;3*(H,6,7). The largest absolute Gasteiger partial charge is 0.490 e. The molecule has 0 radical (unpaired) electrons. The fraction of sp³-hybridized carbons (Fsp3) is 0.560. The molecule has 4 rings (SSSR count). The topological polar surface area (TPSA) is 153 Å². The Balaban J connectivity index is 0.000000413. The highest BCUT2D eigenvalue weighted by Gasteiger charge is 2.44. The van der Waals surface area contributed by atoms with Gasteiger partial charge in [-0.05, 0) is 37.9 Å². The van der Waals surface area contributed by atoms with Crippen molar-refractivity contribution in [1.82, 2.24) is 19.8 Å². The molecule has 1 spiro atoms. The predicted octanol–water partition coefficient (Wildman–Crippen LogP) is 4.69. The van der Waals surface area contributed by atoms with Gasteiger partial charge in [-0.25, -0.2) is 19.4 Å². The number of hydrogen-bond donors (Lipinski definition) is 3. The minimum atomic E-state index is -5.08. The molecule has 0 aromatic carbocycles. The van der Waals surface area contributed by atoms with Crippen LogP contribution in [0.1, 0.15) is 29.8 Å². The monoisotopic (exact) mass is 700 g/mol. The Hall–Kier alpha value is -3.56. The maximum Gasteiger partial charge on any atom is 0.490 e. The first-order valence-corrected chi connectivity index (χ1v) is 13.7. The van der Waals surface area contributed by atoms with Gasteiger partial charge in [-0.3, -0.25) is 14.8 Å². The number of carboxylic acids is 3. The summed E-state index contributed by atoms with van der Waals surface area (Å²) in [6.45, 7) is 4.99. The maximum absolute atomic E-state index is 10.6. The highest BCUT2D eigenvalue weighted by atomic mass is 32.1. The second-order valence-electron chi connectivity index (χ2n) is 9.74. The van der Waals surface area contributed by atoms with Gasteiger partial charge in [0.15, 0.2) is 0 Å². The zero-order chi connectivity index (χ0) is 35.3. The number of likely N-dealkylation sites (N-methyl/N-ethyl adjacent to an activating group) is 1. The summed E-state index contributed by atoms with van der Waals surface area (Å²) in [5, 5.41) is 24.7.